The highest BCUT2D eigenvalue weighted by molar-refractivity contribution is 5.43. The van der Waals surface area contributed by atoms with Crippen LogP contribution in [0.2, 0.25) is 0 Å². The molecule has 7 heteroatoms. The minimum atomic E-state index is 0.128. The van der Waals surface area contributed by atoms with E-state index >= 15 is 0 Å². The molecule has 1 saturated heterocycles. The van der Waals surface area contributed by atoms with Crippen molar-refractivity contribution < 1.29 is 4.74 Å². The van der Waals surface area contributed by atoms with Gasteiger partial charge in [-0.25, -0.2) is 0 Å². The highest BCUT2D eigenvalue weighted by Gasteiger charge is 2.16. The van der Waals surface area contributed by atoms with E-state index in [1.807, 2.05) is 20.9 Å². The van der Waals surface area contributed by atoms with Gasteiger partial charge in [0.15, 0.2) is 0 Å². The predicted molar refractivity (Wildman–Crippen MR) is 85.0 cm³/mol. The van der Waals surface area contributed by atoms with Crippen molar-refractivity contribution >= 4 is 17.8 Å². The fraction of sp³-hybridized carbons (Fsp3) is 0.786. The lowest BCUT2D eigenvalue weighted by atomic mass is 10.1. The first kappa shape index (κ1) is 15.8. The van der Waals surface area contributed by atoms with Crippen molar-refractivity contribution in [2.24, 2.45) is 0 Å². The normalized spacial score (nSPS) is 16.6. The maximum Gasteiger partial charge on any atom is 0.231 e. The van der Waals surface area contributed by atoms with Gasteiger partial charge in [-0.2, -0.15) is 15.0 Å². The molecule has 21 heavy (non-hydrogen) atoms. The van der Waals surface area contributed by atoms with Crippen LogP contribution in [0.1, 0.15) is 33.1 Å². The summed E-state index contributed by atoms with van der Waals surface area (Å²) in [4.78, 5) is 15.6. The average molecular weight is 294 g/mol. The summed E-state index contributed by atoms with van der Waals surface area (Å²) in [5, 5.41) is 6.23. The molecule has 0 aromatic carbocycles. The minimum Gasteiger partial charge on any atom is -0.377 e. The number of aromatic nitrogens is 3. The van der Waals surface area contributed by atoms with E-state index in [9.17, 15) is 0 Å². The second kappa shape index (κ2) is 7.97. The van der Waals surface area contributed by atoms with E-state index in [2.05, 4.69) is 30.5 Å². The Balaban J connectivity index is 2.05. The van der Waals surface area contributed by atoms with Crippen molar-refractivity contribution in [1.82, 2.24) is 15.0 Å². The minimum absolute atomic E-state index is 0.128. The summed E-state index contributed by atoms with van der Waals surface area (Å²) in [5.74, 6) is 1.94. The molecule has 1 aliphatic rings. The average Bonchev–Trinajstić information content (AvgIpc) is 2.54. The summed E-state index contributed by atoms with van der Waals surface area (Å²) in [5.41, 5.74) is 0. The maximum atomic E-state index is 5.51. The number of nitrogens with one attached hydrogen (secondary N) is 2. The molecule has 0 bridgehead atoms. The van der Waals surface area contributed by atoms with Crippen LogP contribution in [-0.2, 0) is 4.74 Å². The van der Waals surface area contributed by atoms with Gasteiger partial charge in [0, 0.05) is 33.3 Å². The highest BCUT2D eigenvalue weighted by Crippen LogP contribution is 2.18. The lowest BCUT2D eigenvalue weighted by molar-refractivity contribution is 0.0854. The smallest absolute Gasteiger partial charge is 0.231 e. The summed E-state index contributed by atoms with van der Waals surface area (Å²) in [6.45, 7) is 7.44. The van der Waals surface area contributed by atoms with Crippen LogP contribution >= 0.6 is 0 Å². The molecular formula is C14H26N6O. The molecule has 2 N–H and O–H groups in total. The standard InChI is InChI=1S/C14H26N6O/c1-4-21-11(2)10-16-13-17-12(15-3)18-14(19-13)20-8-6-5-7-9-20/h11H,4-10H2,1-3H3,(H2,15,16,17,18,19). The van der Waals surface area contributed by atoms with E-state index in [4.69, 9.17) is 4.74 Å². The first-order valence-electron chi connectivity index (χ1n) is 7.77. The molecule has 2 heterocycles. The zero-order valence-electron chi connectivity index (χ0n) is 13.2. The Morgan fingerprint density at radius 3 is 2.52 bits per heavy atom. The Bertz CT molecular complexity index is 435. The molecule has 118 valence electrons. The molecule has 0 aliphatic carbocycles. The molecule has 1 atom stereocenters. The van der Waals surface area contributed by atoms with E-state index in [-0.39, 0.29) is 6.10 Å². The Morgan fingerprint density at radius 2 is 1.86 bits per heavy atom. The number of ether oxygens (including phenoxy) is 1. The molecule has 1 unspecified atom stereocenters. The summed E-state index contributed by atoms with van der Waals surface area (Å²) in [6, 6.07) is 0. The molecule has 1 aromatic rings. The number of piperidine rings is 1. The third kappa shape index (κ3) is 4.70. The Morgan fingerprint density at radius 1 is 1.14 bits per heavy atom. The topological polar surface area (TPSA) is 75.2 Å². The Hall–Kier alpha value is -1.63. The second-order valence-electron chi connectivity index (χ2n) is 5.23. The highest BCUT2D eigenvalue weighted by atomic mass is 16.5. The number of rotatable bonds is 7. The number of anilines is 3. The molecule has 1 aromatic heterocycles. The van der Waals surface area contributed by atoms with Gasteiger partial charge in [-0.15, -0.1) is 0 Å². The van der Waals surface area contributed by atoms with E-state index in [0.717, 1.165) is 19.0 Å². The summed E-state index contributed by atoms with van der Waals surface area (Å²) in [7, 11) is 1.82. The van der Waals surface area contributed by atoms with Crippen molar-refractivity contribution in [3.63, 3.8) is 0 Å². The van der Waals surface area contributed by atoms with Crippen LogP contribution in [0.4, 0.5) is 17.8 Å². The Labute approximate surface area is 126 Å². The zero-order valence-corrected chi connectivity index (χ0v) is 13.2. The van der Waals surface area contributed by atoms with Gasteiger partial charge >= 0.3 is 0 Å². The van der Waals surface area contributed by atoms with Crippen LogP contribution in [0, 0.1) is 0 Å². The van der Waals surface area contributed by atoms with Crippen LogP contribution in [-0.4, -0.2) is 54.3 Å². The van der Waals surface area contributed by atoms with Crippen molar-refractivity contribution in [2.75, 3.05) is 48.8 Å². The molecule has 1 fully saturated rings. The third-order valence-corrected chi connectivity index (χ3v) is 3.48. The molecule has 2 rings (SSSR count). The first-order chi connectivity index (χ1) is 10.2. The van der Waals surface area contributed by atoms with Gasteiger partial charge in [0.1, 0.15) is 0 Å². The third-order valence-electron chi connectivity index (χ3n) is 3.48. The van der Waals surface area contributed by atoms with Crippen molar-refractivity contribution in [3.05, 3.63) is 0 Å². The van der Waals surface area contributed by atoms with E-state index in [1.165, 1.54) is 19.3 Å². The second-order valence-corrected chi connectivity index (χ2v) is 5.23. The van der Waals surface area contributed by atoms with Crippen molar-refractivity contribution in [3.8, 4) is 0 Å². The van der Waals surface area contributed by atoms with Gasteiger partial charge in [-0.3, -0.25) is 0 Å². The van der Waals surface area contributed by atoms with Crippen LogP contribution in [0.5, 0.6) is 0 Å². The lowest BCUT2D eigenvalue weighted by Gasteiger charge is -2.27. The fourth-order valence-electron chi connectivity index (χ4n) is 2.37. The summed E-state index contributed by atoms with van der Waals surface area (Å²) >= 11 is 0. The summed E-state index contributed by atoms with van der Waals surface area (Å²) in [6.07, 6.45) is 3.82. The van der Waals surface area contributed by atoms with Gasteiger partial charge in [-0.05, 0) is 33.1 Å². The molecule has 0 amide bonds. The van der Waals surface area contributed by atoms with E-state index in [0.29, 0.717) is 25.0 Å². The molecule has 0 radical (unpaired) electrons. The van der Waals surface area contributed by atoms with Crippen LogP contribution in [0.3, 0.4) is 0 Å². The molecule has 0 spiro atoms. The van der Waals surface area contributed by atoms with E-state index in [1.54, 1.807) is 0 Å². The number of nitrogens with zero attached hydrogens (tertiary/aromatic N) is 4. The van der Waals surface area contributed by atoms with Crippen LogP contribution in [0.15, 0.2) is 0 Å². The van der Waals surface area contributed by atoms with Gasteiger partial charge < -0.3 is 20.3 Å². The largest absolute Gasteiger partial charge is 0.377 e. The van der Waals surface area contributed by atoms with Crippen molar-refractivity contribution in [2.45, 2.75) is 39.2 Å². The van der Waals surface area contributed by atoms with Gasteiger partial charge in [0.2, 0.25) is 17.8 Å². The first-order valence-corrected chi connectivity index (χ1v) is 7.77. The van der Waals surface area contributed by atoms with Gasteiger partial charge in [0.05, 0.1) is 6.10 Å². The Kier molecular flexibility index (Phi) is 5.98. The number of hydrogen-bond acceptors (Lipinski definition) is 7. The molecule has 1 aliphatic heterocycles. The maximum absolute atomic E-state index is 5.51. The molecular weight excluding hydrogens is 268 g/mol. The predicted octanol–water partition coefficient (Wildman–Crippen LogP) is 1.74. The van der Waals surface area contributed by atoms with Crippen molar-refractivity contribution in [1.29, 1.82) is 0 Å². The fourth-order valence-corrected chi connectivity index (χ4v) is 2.37. The van der Waals surface area contributed by atoms with Crippen LogP contribution in [0.25, 0.3) is 0 Å². The number of hydrogen-bond donors (Lipinski definition) is 2. The lowest BCUT2D eigenvalue weighted by Crippen LogP contribution is -2.31. The quantitative estimate of drug-likeness (QED) is 0.793. The molecule has 7 nitrogen and oxygen atoms in total. The van der Waals surface area contributed by atoms with E-state index < -0.39 is 0 Å². The monoisotopic (exact) mass is 294 g/mol. The molecule has 0 saturated carbocycles. The summed E-state index contributed by atoms with van der Waals surface area (Å²) < 4.78 is 5.51. The zero-order chi connectivity index (χ0) is 15.1. The van der Waals surface area contributed by atoms with Gasteiger partial charge in [-0.1, -0.05) is 0 Å². The van der Waals surface area contributed by atoms with Gasteiger partial charge in [0.25, 0.3) is 0 Å². The van der Waals surface area contributed by atoms with Crippen LogP contribution < -0.4 is 15.5 Å². The SMILES string of the molecule is CCOC(C)CNc1nc(NC)nc(N2CCCCC2)n1.